The summed E-state index contributed by atoms with van der Waals surface area (Å²) in [5.41, 5.74) is 2.71. The number of carbonyl (C=O) groups excluding carboxylic acids is 3. The van der Waals surface area contributed by atoms with Crippen LogP contribution in [-0.2, 0) is 20.8 Å². The summed E-state index contributed by atoms with van der Waals surface area (Å²) in [5.74, 6) is -0.407. The first-order chi connectivity index (χ1) is 18.2. The molecule has 0 saturated carbocycles. The summed E-state index contributed by atoms with van der Waals surface area (Å²) in [6.07, 6.45) is 1.30. The minimum Gasteiger partial charge on any atom is -0.483 e. The number of ether oxygens (including phenoxy) is 3. The highest BCUT2D eigenvalue weighted by Crippen LogP contribution is 2.27. The lowest BCUT2D eigenvalue weighted by Crippen LogP contribution is -2.18. The molecule has 2 aromatic carbocycles. The molecule has 10 nitrogen and oxygen atoms in total. The third kappa shape index (κ3) is 6.80. The molecule has 0 spiro atoms. The molecule has 0 saturated heterocycles. The average molecular weight is 539 g/mol. The van der Waals surface area contributed by atoms with E-state index in [2.05, 4.69) is 22.1 Å². The lowest BCUT2D eigenvalue weighted by Gasteiger charge is -2.16. The molecule has 3 aromatic rings. The Bertz CT molecular complexity index is 1350. The van der Waals surface area contributed by atoms with Crippen LogP contribution in [0.15, 0.2) is 54.2 Å². The zero-order valence-electron chi connectivity index (χ0n) is 21.9. The molecule has 1 amide bonds. The number of rotatable bonds is 11. The van der Waals surface area contributed by atoms with Gasteiger partial charge in [-0.05, 0) is 62.2 Å². The molecule has 0 aliphatic heterocycles. The fraction of sp³-hybridized carbons (Fsp3) is 0.296. The van der Waals surface area contributed by atoms with E-state index < -0.39 is 23.9 Å². The van der Waals surface area contributed by atoms with Crippen LogP contribution in [-0.4, -0.2) is 52.6 Å². The molecule has 200 valence electrons. The summed E-state index contributed by atoms with van der Waals surface area (Å²) in [6, 6.07) is 10.1. The van der Waals surface area contributed by atoms with E-state index in [4.69, 9.17) is 14.2 Å². The highest BCUT2D eigenvalue weighted by Gasteiger charge is 2.21. The average Bonchev–Trinajstić information content (AvgIpc) is 3.31. The number of nitrogens with zero attached hydrogens (tertiary/aromatic N) is 3. The Morgan fingerprint density at radius 2 is 1.79 bits per heavy atom. The second-order valence-electron chi connectivity index (χ2n) is 8.33. The van der Waals surface area contributed by atoms with Gasteiger partial charge in [0.05, 0.1) is 36.8 Å². The fourth-order valence-electron chi connectivity index (χ4n) is 3.55. The van der Waals surface area contributed by atoms with Crippen molar-refractivity contribution >= 4 is 35.3 Å². The summed E-state index contributed by atoms with van der Waals surface area (Å²) in [4.78, 5) is 36.9. The fourth-order valence-corrected chi connectivity index (χ4v) is 4.30. The number of anilines is 1. The lowest BCUT2D eigenvalue weighted by molar-refractivity contribution is -0.113. The van der Waals surface area contributed by atoms with Crippen molar-refractivity contribution in [1.82, 2.24) is 14.8 Å². The normalized spacial score (nSPS) is 11.4. The van der Waals surface area contributed by atoms with E-state index in [9.17, 15) is 14.4 Å². The predicted octanol–water partition coefficient (Wildman–Crippen LogP) is 4.52. The second-order valence-corrected chi connectivity index (χ2v) is 9.27. The minimum absolute atomic E-state index is 0.0370. The van der Waals surface area contributed by atoms with Crippen LogP contribution in [0.2, 0.25) is 0 Å². The molecule has 1 heterocycles. The molecule has 11 heteroatoms. The summed E-state index contributed by atoms with van der Waals surface area (Å²) in [7, 11) is 2.47. The van der Waals surface area contributed by atoms with Gasteiger partial charge in [0.1, 0.15) is 5.75 Å². The molecule has 3 rings (SSSR count). The van der Waals surface area contributed by atoms with E-state index in [0.29, 0.717) is 17.5 Å². The van der Waals surface area contributed by atoms with Crippen LogP contribution in [0.1, 0.15) is 50.7 Å². The smallest absolute Gasteiger partial charge is 0.339 e. The van der Waals surface area contributed by atoms with Crippen molar-refractivity contribution in [2.45, 2.75) is 38.6 Å². The quantitative estimate of drug-likeness (QED) is 0.213. The van der Waals surface area contributed by atoms with Crippen LogP contribution in [0, 0.1) is 13.8 Å². The zero-order valence-corrected chi connectivity index (χ0v) is 22.8. The number of hydrogen-bond acceptors (Lipinski definition) is 9. The Morgan fingerprint density at radius 3 is 2.45 bits per heavy atom. The summed E-state index contributed by atoms with van der Waals surface area (Å²) < 4.78 is 17.4. The molecule has 0 aliphatic rings. The van der Waals surface area contributed by atoms with Gasteiger partial charge in [-0.15, -0.1) is 16.8 Å². The Hall–Kier alpha value is -4.12. The van der Waals surface area contributed by atoms with Crippen molar-refractivity contribution in [2.24, 2.45) is 0 Å². The number of allylic oxidation sites excluding steroid dienone is 1. The van der Waals surface area contributed by atoms with Gasteiger partial charge in [-0.2, -0.15) is 0 Å². The Morgan fingerprint density at radius 1 is 1.05 bits per heavy atom. The van der Waals surface area contributed by atoms with Crippen molar-refractivity contribution in [1.29, 1.82) is 0 Å². The van der Waals surface area contributed by atoms with E-state index in [-0.39, 0.29) is 22.6 Å². The number of aryl methyl sites for hydroxylation is 2. The minimum atomic E-state index is -0.655. The monoisotopic (exact) mass is 538 g/mol. The van der Waals surface area contributed by atoms with Crippen molar-refractivity contribution in [3.8, 4) is 5.75 Å². The van der Waals surface area contributed by atoms with Crippen LogP contribution in [0.25, 0.3) is 0 Å². The predicted molar refractivity (Wildman–Crippen MR) is 144 cm³/mol. The van der Waals surface area contributed by atoms with Crippen LogP contribution >= 0.6 is 11.8 Å². The first-order valence-electron chi connectivity index (χ1n) is 11.7. The van der Waals surface area contributed by atoms with Crippen LogP contribution in [0.5, 0.6) is 5.75 Å². The number of methoxy groups -OCH3 is 2. The molecular weight excluding hydrogens is 508 g/mol. The molecule has 0 aliphatic carbocycles. The van der Waals surface area contributed by atoms with Gasteiger partial charge in [0.25, 0.3) is 0 Å². The maximum absolute atomic E-state index is 12.8. The number of hydrogen-bond donors (Lipinski definition) is 1. The molecular formula is C27H30N4O6S. The van der Waals surface area contributed by atoms with Crippen LogP contribution in [0.4, 0.5) is 5.69 Å². The second kappa shape index (κ2) is 12.9. The van der Waals surface area contributed by atoms with Gasteiger partial charge < -0.3 is 19.5 Å². The molecule has 1 N–H and O–H groups in total. The topological polar surface area (TPSA) is 122 Å². The molecule has 38 heavy (non-hydrogen) atoms. The molecule has 0 fully saturated rings. The summed E-state index contributed by atoms with van der Waals surface area (Å²) in [6.45, 7) is 10.2. The third-order valence-corrected chi connectivity index (χ3v) is 6.63. The van der Waals surface area contributed by atoms with Crippen molar-refractivity contribution in [2.75, 3.05) is 25.3 Å². The largest absolute Gasteiger partial charge is 0.483 e. The first-order valence-corrected chi connectivity index (χ1v) is 12.7. The van der Waals surface area contributed by atoms with Crippen LogP contribution < -0.4 is 10.1 Å². The molecule has 0 radical (unpaired) electrons. The third-order valence-electron chi connectivity index (χ3n) is 5.66. The number of nitrogens with one attached hydrogen (secondary N) is 1. The van der Waals surface area contributed by atoms with Crippen molar-refractivity contribution in [3.63, 3.8) is 0 Å². The highest BCUT2D eigenvalue weighted by atomic mass is 32.2. The van der Waals surface area contributed by atoms with Gasteiger partial charge in [-0.3, -0.25) is 9.36 Å². The van der Waals surface area contributed by atoms with Gasteiger partial charge in [-0.1, -0.05) is 23.9 Å². The number of thioether (sulfide) groups is 1. The van der Waals surface area contributed by atoms with Gasteiger partial charge in [0.2, 0.25) is 5.91 Å². The highest BCUT2D eigenvalue weighted by molar-refractivity contribution is 7.99. The molecule has 1 unspecified atom stereocenters. The molecule has 1 aromatic heterocycles. The number of amides is 1. The maximum Gasteiger partial charge on any atom is 0.339 e. The van der Waals surface area contributed by atoms with Gasteiger partial charge in [-0.25, -0.2) is 9.59 Å². The first kappa shape index (κ1) is 28.5. The Balaban J connectivity index is 1.75. The van der Waals surface area contributed by atoms with E-state index in [0.717, 1.165) is 23.1 Å². The van der Waals surface area contributed by atoms with Gasteiger partial charge >= 0.3 is 11.9 Å². The van der Waals surface area contributed by atoms with E-state index >= 15 is 0 Å². The van der Waals surface area contributed by atoms with Crippen molar-refractivity contribution < 1.29 is 28.6 Å². The number of aromatic nitrogens is 3. The number of esters is 2. The summed E-state index contributed by atoms with van der Waals surface area (Å²) in [5, 5.41) is 11.7. The van der Waals surface area contributed by atoms with E-state index in [1.165, 1.54) is 38.0 Å². The Kier molecular flexibility index (Phi) is 9.66. The lowest BCUT2D eigenvalue weighted by atomic mass is 10.1. The summed E-state index contributed by atoms with van der Waals surface area (Å²) >= 11 is 1.16. The van der Waals surface area contributed by atoms with Gasteiger partial charge in [0.15, 0.2) is 17.1 Å². The molecule has 1 atom stereocenters. The number of carbonyl (C=O) groups is 3. The Labute approximate surface area is 225 Å². The van der Waals surface area contributed by atoms with Crippen LogP contribution in [0.3, 0.4) is 0 Å². The number of benzene rings is 2. The zero-order chi connectivity index (χ0) is 27.8. The molecule has 0 bridgehead atoms. The van der Waals surface area contributed by atoms with E-state index in [1.54, 1.807) is 6.08 Å². The van der Waals surface area contributed by atoms with Gasteiger partial charge in [0, 0.05) is 6.54 Å². The standard InChI is InChI=1S/C27H30N4O6S/c1-7-12-31-24(18(4)37-20-10-8-16(2)17(3)13-20)29-30-27(31)38-15-23(32)28-22-14-19(25(33)35-5)9-11-21(22)26(34)36-6/h7-11,13-14,18H,1,12,15H2,2-6H3,(H,28,32). The van der Waals surface area contributed by atoms with E-state index in [1.807, 2.05) is 43.5 Å². The van der Waals surface area contributed by atoms with Crippen molar-refractivity contribution in [3.05, 3.63) is 77.1 Å². The SMILES string of the molecule is C=CCn1c(SCC(=O)Nc2cc(C(=O)OC)ccc2C(=O)OC)nnc1C(C)Oc1ccc(C)c(C)c1. The maximum atomic E-state index is 12.8.